The molecule has 0 saturated carbocycles. The normalized spacial score (nSPS) is 11.0. The number of H-pyrrole nitrogens is 1. The van der Waals surface area contributed by atoms with Gasteiger partial charge in [0.1, 0.15) is 12.3 Å². The van der Waals surface area contributed by atoms with Crippen LogP contribution in [0.1, 0.15) is 24.5 Å². The molecule has 3 nitrogen and oxygen atoms in total. The molecule has 0 radical (unpaired) electrons. The van der Waals surface area contributed by atoms with Crippen LogP contribution >= 0.6 is 0 Å². The molecule has 3 rings (SSSR count). The third kappa shape index (κ3) is 2.92. The molecule has 3 aromatic rings. The van der Waals surface area contributed by atoms with Gasteiger partial charge in [0.15, 0.2) is 12.4 Å². The lowest BCUT2D eigenvalue weighted by molar-refractivity contribution is -0.697. The van der Waals surface area contributed by atoms with Crippen LogP contribution in [-0.4, -0.2) is 12.1 Å². The van der Waals surface area contributed by atoms with E-state index < -0.39 is 0 Å². The number of hydrogen-bond acceptors (Lipinski definition) is 1. The maximum absolute atomic E-state index is 5.33. The molecule has 108 valence electrons. The first-order chi connectivity index (χ1) is 10.3. The number of benzene rings is 1. The van der Waals surface area contributed by atoms with Crippen molar-refractivity contribution in [2.45, 2.75) is 26.3 Å². The molecule has 0 aliphatic carbocycles. The first kappa shape index (κ1) is 13.7. The van der Waals surface area contributed by atoms with Gasteiger partial charge in [0.05, 0.1) is 7.11 Å². The Bertz CT molecular complexity index is 746. The van der Waals surface area contributed by atoms with E-state index in [1.54, 1.807) is 7.11 Å². The molecule has 0 saturated heterocycles. The van der Waals surface area contributed by atoms with E-state index in [0.717, 1.165) is 30.7 Å². The van der Waals surface area contributed by atoms with Crippen LogP contribution in [0.15, 0.2) is 48.9 Å². The average Bonchev–Trinajstić information content (AvgIpc) is 2.90. The topological polar surface area (TPSA) is 28.9 Å². The lowest BCUT2D eigenvalue weighted by atomic mass is 10.1. The van der Waals surface area contributed by atoms with Crippen LogP contribution in [-0.2, 0) is 13.0 Å². The molecule has 2 heterocycles. The molecule has 0 atom stereocenters. The Kier molecular flexibility index (Phi) is 3.91. The summed E-state index contributed by atoms with van der Waals surface area (Å²) in [7, 11) is 1.71. The van der Waals surface area contributed by atoms with Crippen LogP contribution in [0.2, 0.25) is 0 Å². The summed E-state index contributed by atoms with van der Waals surface area (Å²) in [6.45, 7) is 3.27. The number of ether oxygens (including phenoxy) is 1. The van der Waals surface area contributed by atoms with Crippen LogP contribution in [0.25, 0.3) is 10.9 Å². The number of aromatic amines is 1. The number of aromatic nitrogens is 2. The second-order valence-corrected chi connectivity index (χ2v) is 5.35. The van der Waals surface area contributed by atoms with Crippen molar-refractivity contribution >= 4 is 10.9 Å². The summed E-state index contributed by atoms with van der Waals surface area (Å²) >= 11 is 0. The van der Waals surface area contributed by atoms with Gasteiger partial charge in [-0.05, 0) is 29.8 Å². The van der Waals surface area contributed by atoms with E-state index >= 15 is 0 Å². The molecule has 1 aromatic carbocycles. The van der Waals surface area contributed by atoms with E-state index in [9.17, 15) is 0 Å². The van der Waals surface area contributed by atoms with Crippen molar-refractivity contribution in [1.82, 2.24) is 4.98 Å². The second kappa shape index (κ2) is 6.00. The van der Waals surface area contributed by atoms with Gasteiger partial charge in [0.2, 0.25) is 0 Å². The number of aryl methyl sites for hydroxylation is 1. The zero-order valence-corrected chi connectivity index (χ0v) is 12.6. The summed E-state index contributed by atoms with van der Waals surface area (Å²) in [6.07, 6.45) is 8.55. The Hall–Kier alpha value is -2.29. The molecule has 2 aromatic heterocycles. The van der Waals surface area contributed by atoms with Crippen LogP contribution in [0.5, 0.6) is 5.75 Å². The largest absolute Gasteiger partial charge is 0.497 e. The van der Waals surface area contributed by atoms with Gasteiger partial charge in [-0.3, -0.25) is 0 Å². The monoisotopic (exact) mass is 281 g/mol. The highest BCUT2D eigenvalue weighted by atomic mass is 16.5. The maximum atomic E-state index is 5.33. The molecular formula is C18H21N2O+. The third-order valence-corrected chi connectivity index (χ3v) is 3.77. The Labute approximate surface area is 125 Å². The van der Waals surface area contributed by atoms with Crippen LogP contribution in [0.4, 0.5) is 0 Å². The third-order valence-electron chi connectivity index (χ3n) is 3.77. The maximum Gasteiger partial charge on any atom is 0.172 e. The highest BCUT2D eigenvalue weighted by molar-refractivity contribution is 5.84. The molecule has 0 bridgehead atoms. The molecule has 0 aliphatic heterocycles. The van der Waals surface area contributed by atoms with Gasteiger partial charge in [-0.25, -0.2) is 4.57 Å². The minimum atomic E-state index is 0.900. The van der Waals surface area contributed by atoms with Crippen molar-refractivity contribution in [2.24, 2.45) is 0 Å². The predicted octanol–water partition coefficient (Wildman–Crippen LogP) is 3.46. The highest BCUT2D eigenvalue weighted by Gasteiger charge is 2.08. The number of fused-ring (bicyclic) bond motifs is 1. The number of pyridine rings is 1. The molecule has 0 aliphatic rings. The Balaban J connectivity index is 1.92. The standard InChI is InChI=1S/C18H21N2O/c1-3-8-20-9-4-5-14(13-20)10-15-12-19-18-7-6-16(21-2)11-17(15)18/h4-7,9,11-13,19H,3,8,10H2,1-2H3/q+1. The minimum Gasteiger partial charge on any atom is -0.497 e. The van der Waals surface area contributed by atoms with Gasteiger partial charge in [0, 0.05) is 41.6 Å². The fourth-order valence-corrected chi connectivity index (χ4v) is 2.73. The van der Waals surface area contributed by atoms with Gasteiger partial charge >= 0.3 is 0 Å². The number of methoxy groups -OCH3 is 1. The smallest absolute Gasteiger partial charge is 0.172 e. The molecular weight excluding hydrogens is 260 g/mol. The molecule has 0 amide bonds. The summed E-state index contributed by atoms with van der Waals surface area (Å²) in [5, 5.41) is 1.24. The fourth-order valence-electron chi connectivity index (χ4n) is 2.73. The zero-order chi connectivity index (χ0) is 14.7. The lowest BCUT2D eigenvalue weighted by Crippen LogP contribution is -2.32. The van der Waals surface area contributed by atoms with Crippen LogP contribution in [0.3, 0.4) is 0 Å². The quantitative estimate of drug-likeness (QED) is 0.713. The van der Waals surface area contributed by atoms with Crippen molar-refractivity contribution in [3.05, 3.63) is 60.0 Å². The van der Waals surface area contributed by atoms with Gasteiger partial charge in [-0.1, -0.05) is 6.92 Å². The molecule has 0 spiro atoms. The summed E-state index contributed by atoms with van der Waals surface area (Å²) in [6, 6.07) is 10.5. The van der Waals surface area contributed by atoms with Gasteiger partial charge in [-0.15, -0.1) is 0 Å². The molecule has 0 unspecified atom stereocenters. The minimum absolute atomic E-state index is 0.900. The molecule has 3 heteroatoms. The summed E-state index contributed by atoms with van der Waals surface area (Å²) in [5.41, 5.74) is 3.79. The van der Waals surface area contributed by atoms with Gasteiger partial charge in [-0.2, -0.15) is 0 Å². The summed E-state index contributed by atoms with van der Waals surface area (Å²) < 4.78 is 7.58. The van der Waals surface area contributed by atoms with Crippen molar-refractivity contribution in [1.29, 1.82) is 0 Å². The molecule has 21 heavy (non-hydrogen) atoms. The Morgan fingerprint density at radius 1 is 1.24 bits per heavy atom. The van der Waals surface area contributed by atoms with Crippen LogP contribution in [0, 0.1) is 0 Å². The Morgan fingerprint density at radius 2 is 2.14 bits per heavy atom. The fraction of sp³-hybridized carbons (Fsp3) is 0.278. The molecule has 1 N–H and O–H groups in total. The zero-order valence-electron chi connectivity index (χ0n) is 12.6. The first-order valence-electron chi connectivity index (χ1n) is 7.42. The SMILES string of the molecule is CCC[n+]1cccc(Cc2c[nH]c3ccc(OC)cc23)c1. The van der Waals surface area contributed by atoms with E-state index in [0.29, 0.717) is 0 Å². The average molecular weight is 281 g/mol. The number of nitrogens with one attached hydrogen (secondary N) is 1. The van der Waals surface area contributed by atoms with Crippen molar-refractivity contribution in [3.63, 3.8) is 0 Å². The highest BCUT2D eigenvalue weighted by Crippen LogP contribution is 2.25. The first-order valence-corrected chi connectivity index (χ1v) is 7.42. The van der Waals surface area contributed by atoms with Crippen molar-refractivity contribution < 1.29 is 9.30 Å². The van der Waals surface area contributed by atoms with E-state index in [1.165, 1.54) is 16.5 Å². The van der Waals surface area contributed by atoms with E-state index in [2.05, 4.69) is 59.3 Å². The number of nitrogens with zero attached hydrogens (tertiary/aromatic N) is 1. The van der Waals surface area contributed by atoms with E-state index in [-0.39, 0.29) is 0 Å². The van der Waals surface area contributed by atoms with Crippen LogP contribution < -0.4 is 9.30 Å². The second-order valence-electron chi connectivity index (χ2n) is 5.35. The van der Waals surface area contributed by atoms with Crippen molar-refractivity contribution in [2.75, 3.05) is 7.11 Å². The molecule has 0 fully saturated rings. The lowest BCUT2D eigenvalue weighted by Gasteiger charge is -2.02. The van der Waals surface area contributed by atoms with E-state index in [4.69, 9.17) is 4.74 Å². The van der Waals surface area contributed by atoms with Crippen molar-refractivity contribution in [3.8, 4) is 5.75 Å². The van der Waals surface area contributed by atoms with Gasteiger partial charge < -0.3 is 9.72 Å². The summed E-state index contributed by atoms with van der Waals surface area (Å²) in [5.74, 6) is 0.900. The van der Waals surface area contributed by atoms with E-state index in [1.807, 2.05) is 6.07 Å². The predicted molar refractivity (Wildman–Crippen MR) is 84.6 cm³/mol. The number of hydrogen-bond donors (Lipinski definition) is 1. The summed E-state index contributed by atoms with van der Waals surface area (Å²) in [4.78, 5) is 3.34. The Morgan fingerprint density at radius 3 is 2.95 bits per heavy atom. The van der Waals surface area contributed by atoms with Gasteiger partial charge in [0.25, 0.3) is 0 Å². The number of rotatable bonds is 5.